The van der Waals surface area contributed by atoms with Crippen LogP contribution < -0.4 is 0 Å². The van der Waals surface area contributed by atoms with Crippen molar-refractivity contribution in [3.05, 3.63) is 0 Å². The lowest BCUT2D eigenvalue weighted by atomic mass is 9.86. The monoisotopic (exact) mass is 276 g/mol. The van der Waals surface area contributed by atoms with Crippen molar-refractivity contribution in [1.82, 2.24) is 0 Å². The number of hydrogen-bond donors (Lipinski definition) is 4. The smallest absolute Gasteiger partial charge is 0.0877 e. The summed E-state index contributed by atoms with van der Waals surface area (Å²) in [5, 5.41) is 36.3. The summed E-state index contributed by atoms with van der Waals surface area (Å²) in [5.74, 6) is 0. The third-order valence-electron chi connectivity index (χ3n) is 4.16. The lowest BCUT2D eigenvalue weighted by Gasteiger charge is -2.29. The first-order valence-electron chi connectivity index (χ1n) is 7.20. The fraction of sp³-hybridized carbons (Fsp3) is 1.00. The number of aliphatic hydroxyl groups is 4. The van der Waals surface area contributed by atoms with E-state index in [4.69, 9.17) is 10.2 Å². The average Bonchev–Trinajstić information content (AvgIpc) is 2.41. The van der Waals surface area contributed by atoms with E-state index in [0.29, 0.717) is 0 Å². The molecular formula is C15H32O4. The molecule has 0 aromatic carbocycles. The minimum Gasteiger partial charge on any atom is -0.393 e. The molecule has 4 heteroatoms. The zero-order chi connectivity index (χ0) is 13.5. The van der Waals surface area contributed by atoms with Crippen LogP contribution in [0, 0.1) is 0 Å². The van der Waals surface area contributed by atoms with Crippen LogP contribution in [0.4, 0.5) is 0 Å². The summed E-state index contributed by atoms with van der Waals surface area (Å²) in [4.78, 5) is 0. The second-order valence-corrected chi connectivity index (χ2v) is 5.89. The van der Waals surface area contributed by atoms with Gasteiger partial charge in [0.15, 0.2) is 0 Å². The lowest BCUT2D eigenvalue weighted by Crippen LogP contribution is -2.35. The Kier molecular flexibility index (Phi) is 8.83. The molecule has 2 saturated carbocycles. The predicted molar refractivity (Wildman–Crippen MR) is 77.0 cm³/mol. The van der Waals surface area contributed by atoms with Gasteiger partial charge in [-0.25, -0.2) is 0 Å². The van der Waals surface area contributed by atoms with Crippen molar-refractivity contribution >= 4 is 0 Å². The second-order valence-electron chi connectivity index (χ2n) is 5.89. The second kappa shape index (κ2) is 8.90. The summed E-state index contributed by atoms with van der Waals surface area (Å²) in [6.07, 6.45) is 9.81. The highest BCUT2D eigenvalue weighted by Gasteiger charge is 2.28. The molecule has 0 saturated heterocycles. The van der Waals surface area contributed by atoms with Crippen molar-refractivity contribution in [2.45, 2.75) is 82.8 Å². The molecule has 0 amide bonds. The maximum atomic E-state index is 9.43. The van der Waals surface area contributed by atoms with Crippen LogP contribution in [0.3, 0.4) is 0 Å². The van der Waals surface area contributed by atoms with Gasteiger partial charge in [0.1, 0.15) is 0 Å². The highest BCUT2D eigenvalue weighted by molar-refractivity contribution is 4.81. The summed E-state index contributed by atoms with van der Waals surface area (Å²) >= 11 is 0. The third kappa shape index (κ3) is 6.70. The summed E-state index contributed by atoms with van der Waals surface area (Å²) < 4.78 is 0. The Morgan fingerprint density at radius 2 is 0.842 bits per heavy atom. The SMILES string of the molecule is C.OCC1(O)CCCCC1.OCC1(O)CCCCC1. The van der Waals surface area contributed by atoms with Gasteiger partial charge in [0, 0.05) is 0 Å². The summed E-state index contributed by atoms with van der Waals surface area (Å²) in [7, 11) is 0. The zero-order valence-electron chi connectivity index (χ0n) is 11.3. The lowest BCUT2D eigenvalue weighted by molar-refractivity contribution is -0.0421. The van der Waals surface area contributed by atoms with Crippen LogP contribution >= 0.6 is 0 Å². The van der Waals surface area contributed by atoms with Crippen molar-refractivity contribution in [3.8, 4) is 0 Å². The molecule has 0 bridgehead atoms. The van der Waals surface area contributed by atoms with E-state index < -0.39 is 11.2 Å². The molecule has 0 aliphatic heterocycles. The van der Waals surface area contributed by atoms with Crippen molar-refractivity contribution in [3.63, 3.8) is 0 Å². The molecule has 0 radical (unpaired) electrons. The van der Waals surface area contributed by atoms with Crippen LogP contribution in [-0.2, 0) is 0 Å². The van der Waals surface area contributed by atoms with Crippen molar-refractivity contribution in [2.75, 3.05) is 13.2 Å². The van der Waals surface area contributed by atoms with Crippen LogP contribution in [0.5, 0.6) is 0 Å². The van der Waals surface area contributed by atoms with Crippen LogP contribution in [0.25, 0.3) is 0 Å². The minimum absolute atomic E-state index is 0. The van der Waals surface area contributed by atoms with Gasteiger partial charge in [0.25, 0.3) is 0 Å². The topological polar surface area (TPSA) is 80.9 Å². The van der Waals surface area contributed by atoms with E-state index in [-0.39, 0.29) is 20.6 Å². The molecule has 4 nitrogen and oxygen atoms in total. The normalized spacial score (nSPS) is 24.6. The molecule has 2 aliphatic rings. The fourth-order valence-corrected chi connectivity index (χ4v) is 2.74. The molecule has 0 aromatic rings. The van der Waals surface area contributed by atoms with E-state index in [1.54, 1.807) is 0 Å². The quantitative estimate of drug-likeness (QED) is 0.622. The number of aliphatic hydroxyl groups excluding tert-OH is 2. The molecule has 0 spiro atoms. The van der Waals surface area contributed by atoms with Gasteiger partial charge in [-0.15, -0.1) is 0 Å². The molecule has 2 aliphatic carbocycles. The Bertz CT molecular complexity index is 194. The molecule has 19 heavy (non-hydrogen) atoms. The Labute approximate surface area is 117 Å². The maximum absolute atomic E-state index is 9.43. The Morgan fingerprint density at radius 3 is 1.00 bits per heavy atom. The largest absolute Gasteiger partial charge is 0.393 e. The first-order chi connectivity index (χ1) is 8.54. The van der Waals surface area contributed by atoms with Crippen molar-refractivity contribution < 1.29 is 20.4 Å². The van der Waals surface area contributed by atoms with E-state index in [2.05, 4.69) is 0 Å². The van der Waals surface area contributed by atoms with Gasteiger partial charge < -0.3 is 20.4 Å². The van der Waals surface area contributed by atoms with E-state index in [1.165, 1.54) is 12.8 Å². The number of hydrogen-bond acceptors (Lipinski definition) is 4. The highest BCUT2D eigenvalue weighted by atomic mass is 16.3. The molecule has 0 unspecified atom stereocenters. The highest BCUT2D eigenvalue weighted by Crippen LogP contribution is 2.27. The molecular weight excluding hydrogens is 244 g/mol. The van der Waals surface area contributed by atoms with E-state index in [0.717, 1.165) is 51.4 Å². The van der Waals surface area contributed by atoms with Crippen molar-refractivity contribution in [1.29, 1.82) is 0 Å². The molecule has 116 valence electrons. The molecule has 4 N–H and O–H groups in total. The predicted octanol–water partition coefficient (Wildman–Crippen LogP) is 1.98. The van der Waals surface area contributed by atoms with Gasteiger partial charge in [-0.1, -0.05) is 46.0 Å². The van der Waals surface area contributed by atoms with Gasteiger partial charge in [-0.2, -0.15) is 0 Å². The van der Waals surface area contributed by atoms with E-state index >= 15 is 0 Å². The zero-order valence-corrected chi connectivity index (χ0v) is 11.3. The Hall–Kier alpha value is -0.160. The Morgan fingerprint density at radius 1 is 0.579 bits per heavy atom. The van der Waals surface area contributed by atoms with Gasteiger partial charge in [0.05, 0.1) is 24.4 Å². The molecule has 0 heterocycles. The van der Waals surface area contributed by atoms with Gasteiger partial charge >= 0.3 is 0 Å². The van der Waals surface area contributed by atoms with Gasteiger partial charge in [-0.05, 0) is 25.7 Å². The van der Waals surface area contributed by atoms with E-state index in [1.807, 2.05) is 0 Å². The maximum Gasteiger partial charge on any atom is 0.0877 e. The molecule has 0 atom stereocenters. The average molecular weight is 276 g/mol. The standard InChI is InChI=1S/2C7H14O2.CH4/c2*8-6-7(9)4-2-1-3-5-7;/h2*8-9H,1-6H2;1H4. The van der Waals surface area contributed by atoms with Gasteiger partial charge in [-0.3, -0.25) is 0 Å². The molecule has 2 fully saturated rings. The molecule has 2 rings (SSSR count). The summed E-state index contributed by atoms with van der Waals surface area (Å²) in [6.45, 7) is -0.125. The van der Waals surface area contributed by atoms with Gasteiger partial charge in [0.2, 0.25) is 0 Å². The van der Waals surface area contributed by atoms with Crippen LogP contribution in [-0.4, -0.2) is 44.8 Å². The summed E-state index contributed by atoms with van der Waals surface area (Å²) in [6, 6.07) is 0. The Balaban J connectivity index is 0.000000324. The summed E-state index contributed by atoms with van der Waals surface area (Å²) in [5.41, 5.74) is -1.45. The number of rotatable bonds is 2. The molecule has 0 aromatic heterocycles. The van der Waals surface area contributed by atoms with E-state index in [9.17, 15) is 10.2 Å². The fourth-order valence-electron chi connectivity index (χ4n) is 2.74. The first kappa shape index (κ1) is 18.8. The van der Waals surface area contributed by atoms with Crippen LogP contribution in [0.15, 0.2) is 0 Å². The van der Waals surface area contributed by atoms with Crippen molar-refractivity contribution in [2.24, 2.45) is 0 Å². The third-order valence-corrected chi connectivity index (χ3v) is 4.16. The first-order valence-corrected chi connectivity index (χ1v) is 7.20. The van der Waals surface area contributed by atoms with Crippen LogP contribution in [0.2, 0.25) is 0 Å². The minimum atomic E-state index is -0.724. The van der Waals surface area contributed by atoms with Crippen LogP contribution in [0.1, 0.15) is 71.6 Å².